The van der Waals surface area contributed by atoms with Crippen LogP contribution >= 0.6 is 0 Å². The lowest BCUT2D eigenvalue weighted by molar-refractivity contribution is -0.136. The molecule has 0 saturated carbocycles. The highest BCUT2D eigenvalue weighted by Crippen LogP contribution is 2.34. The fourth-order valence-corrected chi connectivity index (χ4v) is 4.37. The van der Waals surface area contributed by atoms with Gasteiger partial charge in [0.05, 0.1) is 16.8 Å². The van der Waals surface area contributed by atoms with Crippen molar-refractivity contribution >= 4 is 35.6 Å². The minimum absolute atomic E-state index is 0.0999. The Morgan fingerprint density at radius 2 is 1.80 bits per heavy atom. The average molecular weight is 412 g/mol. The van der Waals surface area contributed by atoms with Crippen LogP contribution in [0, 0.1) is 0 Å². The largest absolute Gasteiger partial charge is 0.368 e. The fraction of sp³-hybridized carbons (Fsp3) is 0.476. The summed E-state index contributed by atoms with van der Waals surface area (Å²) in [5, 5.41) is 2.22. The van der Waals surface area contributed by atoms with E-state index < -0.39 is 23.8 Å². The number of imide groups is 2. The first-order valence-electron chi connectivity index (χ1n) is 10.3. The van der Waals surface area contributed by atoms with Crippen molar-refractivity contribution < 1.29 is 24.0 Å². The van der Waals surface area contributed by atoms with Gasteiger partial charge in [-0.1, -0.05) is 6.07 Å². The Morgan fingerprint density at radius 3 is 2.50 bits per heavy atom. The zero-order valence-electron chi connectivity index (χ0n) is 16.6. The van der Waals surface area contributed by atoms with Gasteiger partial charge in [0, 0.05) is 39.0 Å². The molecule has 4 amide bonds. The van der Waals surface area contributed by atoms with Crippen LogP contribution in [0.2, 0.25) is 0 Å². The van der Waals surface area contributed by atoms with Crippen LogP contribution in [0.25, 0.3) is 0 Å². The molecule has 0 bridgehead atoms. The van der Waals surface area contributed by atoms with Crippen LogP contribution < -0.4 is 10.2 Å². The summed E-state index contributed by atoms with van der Waals surface area (Å²) in [5.74, 6) is -1.96. The van der Waals surface area contributed by atoms with Crippen LogP contribution in [0.5, 0.6) is 0 Å². The van der Waals surface area contributed by atoms with Gasteiger partial charge in [0.1, 0.15) is 12.3 Å². The van der Waals surface area contributed by atoms with Crippen molar-refractivity contribution in [2.24, 2.45) is 0 Å². The number of hydrogen-bond acceptors (Lipinski definition) is 7. The molecule has 1 aromatic rings. The first-order chi connectivity index (χ1) is 14.5. The van der Waals surface area contributed by atoms with E-state index in [0.717, 1.165) is 37.2 Å². The fourth-order valence-electron chi connectivity index (χ4n) is 4.37. The molecule has 1 atom stereocenters. The van der Waals surface area contributed by atoms with Gasteiger partial charge in [-0.3, -0.25) is 34.3 Å². The molecule has 0 aromatic heterocycles. The third-order valence-corrected chi connectivity index (χ3v) is 5.96. The Morgan fingerprint density at radius 1 is 1.03 bits per heavy atom. The van der Waals surface area contributed by atoms with E-state index in [1.54, 1.807) is 12.1 Å². The Balaban J connectivity index is 1.52. The van der Waals surface area contributed by atoms with Crippen LogP contribution in [0.1, 0.15) is 46.4 Å². The zero-order chi connectivity index (χ0) is 21.3. The number of carbonyl (C=O) groups excluding carboxylic acids is 5. The van der Waals surface area contributed by atoms with Crippen LogP contribution in [0.15, 0.2) is 18.2 Å². The maximum absolute atomic E-state index is 13.2. The number of nitrogens with zero attached hydrogens (tertiary/aromatic N) is 3. The van der Waals surface area contributed by atoms with Gasteiger partial charge in [0.2, 0.25) is 11.8 Å². The van der Waals surface area contributed by atoms with Crippen LogP contribution in [0.3, 0.4) is 0 Å². The molecule has 4 rings (SSSR count). The summed E-state index contributed by atoms with van der Waals surface area (Å²) in [5.41, 5.74) is 1.34. The lowest BCUT2D eigenvalue weighted by atomic mass is 10.0. The molecule has 3 heterocycles. The van der Waals surface area contributed by atoms with Gasteiger partial charge >= 0.3 is 0 Å². The van der Waals surface area contributed by atoms with Gasteiger partial charge < -0.3 is 9.69 Å². The van der Waals surface area contributed by atoms with Crippen molar-refractivity contribution in [3.63, 3.8) is 0 Å². The van der Waals surface area contributed by atoms with Gasteiger partial charge in [-0.2, -0.15) is 0 Å². The maximum atomic E-state index is 13.2. The minimum Gasteiger partial charge on any atom is -0.368 e. The molecule has 3 aliphatic rings. The number of amides is 4. The molecular weight excluding hydrogens is 388 g/mol. The van der Waals surface area contributed by atoms with Crippen LogP contribution in [-0.2, 0) is 14.4 Å². The molecule has 9 heteroatoms. The summed E-state index contributed by atoms with van der Waals surface area (Å²) >= 11 is 0. The average Bonchev–Trinajstić information content (AvgIpc) is 3.00. The third kappa shape index (κ3) is 3.60. The Kier molecular flexibility index (Phi) is 5.63. The van der Waals surface area contributed by atoms with Gasteiger partial charge in [-0.25, -0.2) is 0 Å². The number of piperidine rings is 1. The number of rotatable bonds is 6. The van der Waals surface area contributed by atoms with Gasteiger partial charge in [0.25, 0.3) is 11.8 Å². The number of fused-ring (bicyclic) bond motifs is 1. The van der Waals surface area contributed by atoms with E-state index in [1.807, 2.05) is 6.07 Å². The molecule has 2 saturated heterocycles. The van der Waals surface area contributed by atoms with Crippen molar-refractivity contribution in [2.45, 2.75) is 31.7 Å². The molecule has 0 radical (unpaired) electrons. The number of nitrogens with one attached hydrogen (secondary N) is 1. The topological polar surface area (TPSA) is 107 Å². The second-order valence-electron chi connectivity index (χ2n) is 7.78. The Bertz CT molecular complexity index is 907. The van der Waals surface area contributed by atoms with Crippen molar-refractivity contribution in [1.29, 1.82) is 0 Å². The summed E-state index contributed by atoms with van der Waals surface area (Å²) in [4.78, 5) is 65.7. The number of hydrogen-bond donors (Lipinski definition) is 1. The normalized spacial score (nSPS) is 22.3. The Hall–Kier alpha value is -3.07. The lowest BCUT2D eigenvalue weighted by Gasteiger charge is -2.36. The molecular formula is C21H24N4O5. The van der Waals surface area contributed by atoms with E-state index >= 15 is 0 Å². The summed E-state index contributed by atoms with van der Waals surface area (Å²) in [6, 6.07) is 4.24. The van der Waals surface area contributed by atoms with Crippen LogP contribution in [0.4, 0.5) is 5.69 Å². The Labute approximate surface area is 174 Å². The van der Waals surface area contributed by atoms with Gasteiger partial charge in [-0.05, 0) is 31.5 Å². The molecule has 1 N–H and O–H groups in total. The van der Waals surface area contributed by atoms with Crippen LogP contribution in [-0.4, -0.2) is 78.5 Å². The molecule has 3 aliphatic heterocycles. The van der Waals surface area contributed by atoms with Crippen molar-refractivity contribution in [2.75, 3.05) is 37.6 Å². The quantitative estimate of drug-likeness (QED) is 0.404. The number of anilines is 1. The van der Waals surface area contributed by atoms with E-state index in [9.17, 15) is 24.0 Å². The predicted octanol–water partition coefficient (Wildman–Crippen LogP) is 0.189. The zero-order valence-corrected chi connectivity index (χ0v) is 16.6. The van der Waals surface area contributed by atoms with E-state index in [2.05, 4.69) is 15.1 Å². The SMILES string of the molecule is O=CCCCN1CCN(c2cccc3c2C(=O)N(C2CCC(=O)NC2=O)C3=O)CC1. The molecule has 0 aliphatic carbocycles. The highest BCUT2D eigenvalue weighted by molar-refractivity contribution is 6.25. The number of aldehydes is 1. The summed E-state index contributed by atoms with van der Waals surface area (Å²) in [6.45, 7) is 3.89. The predicted molar refractivity (Wildman–Crippen MR) is 107 cm³/mol. The minimum atomic E-state index is -0.961. The molecule has 1 unspecified atom stereocenters. The van der Waals surface area contributed by atoms with E-state index in [4.69, 9.17) is 0 Å². The monoisotopic (exact) mass is 412 g/mol. The maximum Gasteiger partial charge on any atom is 0.264 e. The summed E-state index contributed by atoms with van der Waals surface area (Å²) < 4.78 is 0. The van der Waals surface area contributed by atoms with E-state index in [-0.39, 0.29) is 18.7 Å². The summed E-state index contributed by atoms with van der Waals surface area (Å²) in [6.07, 6.45) is 2.56. The van der Waals surface area contributed by atoms with Gasteiger partial charge in [0.15, 0.2) is 0 Å². The van der Waals surface area contributed by atoms with Crippen molar-refractivity contribution in [3.8, 4) is 0 Å². The molecule has 30 heavy (non-hydrogen) atoms. The van der Waals surface area contributed by atoms with Crippen molar-refractivity contribution in [1.82, 2.24) is 15.1 Å². The van der Waals surface area contributed by atoms with E-state index in [1.165, 1.54) is 0 Å². The lowest BCUT2D eigenvalue weighted by Crippen LogP contribution is -2.54. The number of piperazine rings is 1. The smallest absolute Gasteiger partial charge is 0.264 e. The molecule has 9 nitrogen and oxygen atoms in total. The van der Waals surface area contributed by atoms with Crippen molar-refractivity contribution in [3.05, 3.63) is 29.3 Å². The second kappa shape index (κ2) is 8.35. The van der Waals surface area contributed by atoms with E-state index in [0.29, 0.717) is 36.3 Å². The standard InChI is InChI=1S/C21H24N4O5/c26-13-2-1-8-23-9-11-24(12-10-23)15-5-3-4-14-18(15)21(30)25(20(14)29)16-6-7-17(27)22-19(16)28/h3-5,13,16H,1-2,6-12H2,(H,22,27,28). The first-order valence-corrected chi connectivity index (χ1v) is 10.3. The molecule has 0 spiro atoms. The third-order valence-electron chi connectivity index (χ3n) is 5.96. The molecule has 158 valence electrons. The molecule has 2 fully saturated rings. The highest BCUT2D eigenvalue weighted by Gasteiger charge is 2.46. The summed E-state index contributed by atoms with van der Waals surface area (Å²) in [7, 11) is 0. The first kappa shape index (κ1) is 20.2. The van der Waals surface area contributed by atoms with Gasteiger partial charge in [-0.15, -0.1) is 0 Å². The number of benzene rings is 1. The molecule has 1 aromatic carbocycles. The number of carbonyl (C=O) groups is 5. The number of unbranched alkanes of at least 4 members (excludes halogenated alkanes) is 1. The highest BCUT2D eigenvalue weighted by atomic mass is 16.2. The second-order valence-corrected chi connectivity index (χ2v) is 7.78.